The lowest BCUT2D eigenvalue weighted by molar-refractivity contribution is -0.146. The summed E-state index contributed by atoms with van der Waals surface area (Å²) >= 11 is 0. The van der Waals surface area contributed by atoms with Crippen LogP contribution >= 0.6 is 0 Å². The van der Waals surface area contributed by atoms with E-state index in [1.807, 2.05) is 7.05 Å². The number of methoxy groups -OCH3 is 1. The summed E-state index contributed by atoms with van der Waals surface area (Å²) in [6, 6.07) is 0.503. The topological polar surface area (TPSA) is 38.3 Å². The van der Waals surface area contributed by atoms with Gasteiger partial charge in [0, 0.05) is 6.04 Å². The molecule has 0 bridgehead atoms. The Hall–Kier alpha value is -0.570. The number of carbonyl (C=O) groups is 1. The molecule has 2 atom stereocenters. The first-order valence-electron chi connectivity index (χ1n) is 4.53. The Balaban J connectivity index is 2.40. The van der Waals surface area contributed by atoms with Crippen LogP contribution in [0.15, 0.2) is 0 Å². The third-order valence-electron chi connectivity index (χ3n) is 2.62. The summed E-state index contributed by atoms with van der Waals surface area (Å²) in [5, 5.41) is 3.21. The van der Waals surface area contributed by atoms with Crippen molar-refractivity contribution in [1.29, 1.82) is 0 Å². The summed E-state index contributed by atoms with van der Waals surface area (Å²) in [4.78, 5) is 11.2. The largest absolute Gasteiger partial charge is 0.469 e. The van der Waals surface area contributed by atoms with E-state index < -0.39 is 0 Å². The van der Waals surface area contributed by atoms with Gasteiger partial charge in [0.15, 0.2) is 0 Å². The fourth-order valence-corrected chi connectivity index (χ4v) is 1.83. The highest BCUT2D eigenvalue weighted by Gasteiger charge is 2.26. The van der Waals surface area contributed by atoms with E-state index in [0.717, 1.165) is 19.3 Å². The van der Waals surface area contributed by atoms with Gasteiger partial charge in [-0.2, -0.15) is 0 Å². The van der Waals surface area contributed by atoms with Gasteiger partial charge in [0.05, 0.1) is 13.0 Å². The smallest absolute Gasteiger partial charge is 0.308 e. The van der Waals surface area contributed by atoms with E-state index >= 15 is 0 Å². The average Bonchev–Trinajstić information content (AvgIpc) is 2.17. The number of rotatable bonds is 2. The van der Waals surface area contributed by atoms with Gasteiger partial charge in [-0.15, -0.1) is 0 Å². The molecule has 0 radical (unpaired) electrons. The molecule has 0 aromatic rings. The summed E-state index contributed by atoms with van der Waals surface area (Å²) in [6.45, 7) is 0. The summed E-state index contributed by atoms with van der Waals surface area (Å²) in [5.41, 5.74) is 0. The molecule has 0 aromatic heterocycles. The Morgan fingerprint density at radius 1 is 1.50 bits per heavy atom. The predicted molar refractivity (Wildman–Crippen MR) is 46.8 cm³/mol. The van der Waals surface area contributed by atoms with Crippen LogP contribution in [0.4, 0.5) is 0 Å². The van der Waals surface area contributed by atoms with Crippen LogP contribution in [0.2, 0.25) is 0 Å². The van der Waals surface area contributed by atoms with Crippen molar-refractivity contribution >= 4 is 5.97 Å². The molecular formula is C9H17NO2. The first-order valence-corrected chi connectivity index (χ1v) is 4.53. The Bertz CT molecular complexity index is 159. The Morgan fingerprint density at radius 3 is 2.83 bits per heavy atom. The van der Waals surface area contributed by atoms with Crippen LogP contribution in [0.3, 0.4) is 0 Å². The van der Waals surface area contributed by atoms with Gasteiger partial charge in [-0.3, -0.25) is 4.79 Å². The molecule has 1 aliphatic rings. The van der Waals surface area contributed by atoms with Crippen molar-refractivity contribution in [2.24, 2.45) is 5.92 Å². The number of ether oxygens (including phenoxy) is 1. The molecule has 0 unspecified atom stereocenters. The second kappa shape index (κ2) is 4.45. The van der Waals surface area contributed by atoms with Gasteiger partial charge < -0.3 is 10.1 Å². The monoisotopic (exact) mass is 171 g/mol. The highest BCUT2D eigenvalue weighted by atomic mass is 16.5. The fraction of sp³-hybridized carbons (Fsp3) is 0.889. The molecule has 0 amide bonds. The summed E-state index contributed by atoms with van der Waals surface area (Å²) < 4.78 is 4.72. The van der Waals surface area contributed by atoms with Gasteiger partial charge in [-0.1, -0.05) is 6.42 Å². The zero-order chi connectivity index (χ0) is 8.97. The number of nitrogens with one attached hydrogen (secondary N) is 1. The minimum absolute atomic E-state index is 0.0463. The summed E-state index contributed by atoms with van der Waals surface area (Å²) in [5.74, 6) is 0.0798. The first-order chi connectivity index (χ1) is 5.77. The molecule has 0 aliphatic heterocycles. The van der Waals surface area contributed by atoms with Crippen molar-refractivity contribution in [2.45, 2.75) is 31.7 Å². The van der Waals surface area contributed by atoms with E-state index in [-0.39, 0.29) is 11.9 Å². The zero-order valence-electron chi connectivity index (χ0n) is 7.80. The molecule has 1 rings (SSSR count). The molecule has 3 nitrogen and oxygen atoms in total. The Morgan fingerprint density at radius 2 is 2.25 bits per heavy atom. The maximum atomic E-state index is 11.2. The van der Waals surface area contributed by atoms with Gasteiger partial charge in [0.25, 0.3) is 0 Å². The maximum absolute atomic E-state index is 11.2. The second-order valence-electron chi connectivity index (χ2n) is 3.37. The van der Waals surface area contributed by atoms with Gasteiger partial charge >= 0.3 is 5.97 Å². The zero-order valence-corrected chi connectivity index (χ0v) is 7.80. The van der Waals surface area contributed by atoms with Gasteiger partial charge in [-0.05, 0) is 26.3 Å². The average molecular weight is 171 g/mol. The maximum Gasteiger partial charge on any atom is 0.308 e. The highest BCUT2D eigenvalue weighted by molar-refractivity contribution is 5.72. The molecule has 3 heteroatoms. The molecule has 1 saturated carbocycles. The number of carbonyl (C=O) groups excluding carboxylic acids is 1. The SMILES string of the molecule is CN[C@@H]1CCC[C@@H](C(=O)OC)C1. The van der Waals surface area contributed by atoms with Crippen molar-refractivity contribution in [2.75, 3.05) is 14.2 Å². The minimum Gasteiger partial charge on any atom is -0.469 e. The first kappa shape index (κ1) is 9.52. The van der Waals surface area contributed by atoms with Crippen molar-refractivity contribution in [3.8, 4) is 0 Å². The summed E-state index contributed by atoms with van der Waals surface area (Å²) in [7, 11) is 3.41. The van der Waals surface area contributed by atoms with Crippen LogP contribution in [0.1, 0.15) is 25.7 Å². The van der Waals surface area contributed by atoms with Crippen LogP contribution in [0.25, 0.3) is 0 Å². The van der Waals surface area contributed by atoms with Gasteiger partial charge in [0.1, 0.15) is 0 Å². The molecule has 1 fully saturated rings. The summed E-state index contributed by atoms with van der Waals surface area (Å²) in [6.07, 6.45) is 4.24. The molecule has 12 heavy (non-hydrogen) atoms. The van der Waals surface area contributed by atoms with Crippen molar-refractivity contribution in [1.82, 2.24) is 5.32 Å². The molecular weight excluding hydrogens is 154 g/mol. The highest BCUT2D eigenvalue weighted by Crippen LogP contribution is 2.24. The molecule has 0 saturated heterocycles. The standard InChI is InChI=1S/C9H17NO2/c1-10-8-5-3-4-7(6-8)9(11)12-2/h7-8,10H,3-6H2,1-2H3/t7-,8-/m1/s1. The van der Waals surface area contributed by atoms with E-state index in [9.17, 15) is 4.79 Å². The molecule has 0 aromatic carbocycles. The Kier molecular flexibility index (Phi) is 3.53. The van der Waals surface area contributed by atoms with Crippen LogP contribution in [0.5, 0.6) is 0 Å². The van der Waals surface area contributed by atoms with E-state index in [1.165, 1.54) is 13.5 Å². The van der Waals surface area contributed by atoms with Gasteiger partial charge in [0.2, 0.25) is 0 Å². The van der Waals surface area contributed by atoms with Crippen molar-refractivity contribution < 1.29 is 9.53 Å². The van der Waals surface area contributed by atoms with Crippen molar-refractivity contribution in [3.63, 3.8) is 0 Å². The van der Waals surface area contributed by atoms with E-state index in [4.69, 9.17) is 4.74 Å². The third-order valence-corrected chi connectivity index (χ3v) is 2.62. The lowest BCUT2D eigenvalue weighted by atomic mass is 9.86. The van der Waals surface area contributed by atoms with Gasteiger partial charge in [-0.25, -0.2) is 0 Å². The molecule has 1 aliphatic carbocycles. The molecule has 0 spiro atoms. The lowest BCUT2D eigenvalue weighted by Crippen LogP contribution is -2.34. The van der Waals surface area contributed by atoms with Crippen LogP contribution in [0, 0.1) is 5.92 Å². The fourth-order valence-electron chi connectivity index (χ4n) is 1.83. The molecule has 1 N–H and O–H groups in total. The number of hydrogen-bond donors (Lipinski definition) is 1. The number of esters is 1. The lowest BCUT2D eigenvalue weighted by Gasteiger charge is -2.26. The van der Waals surface area contributed by atoms with Crippen molar-refractivity contribution in [3.05, 3.63) is 0 Å². The quantitative estimate of drug-likeness (QED) is 0.628. The second-order valence-corrected chi connectivity index (χ2v) is 3.37. The number of hydrogen-bond acceptors (Lipinski definition) is 3. The Labute approximate surface area is 73.5 Å². The van der Waals surface area contributed by atoms with E-state index in [1.54, 1.807) is 0 Å². The normalized spacial score (nSPS) is 29.8. The van der Waals surface area contributed by atoms with E-state index in [0.29, 0.717) is 6.04 Å². The predicted octanol–water partition coefficient (Wildman–Crippen LogP) is 0.938. The molecule has 70 valence electrons. The van der Waals surface area contributed by atoms with E-state index in [2.05, 4.69) is 5.32 Å². The minimum atomic E-state index is -0.0463. The van der Waals surface area contributed by atoms with Crippen LogP contribution in [-0.4, -0.2) is 26.2 Å². The third kappa shape index (κ3) is 2.21. The molecule has 0 heterocycles. The van der Waals surface area contributed by atoms with Crippen LogP contribution < -0.4 is 5.32 Å². The van der Waals surface area contributed by atoms with Crippen LogP contribution in [-0.2, 0) is 9.53 Å².